The van der Waals surface area contributed by atoms with Crippen molar-refractivity contribution in [2.24, 2.45) is 29.6 Å². The van der Waals surface area contributed by atoms with Crippen LogP contribution in [0, 0.1) is 29.6 Å². The van der Waals surface area contributed by atoms with Crippen molar-refractivity contribution in [1.29, 1.82) is 0 Å². The van der Waals surface area contributed by atoms with Crippen LogP contribution in [0.2, 0.25) is 0 Å². The summed E-state index contributed by atoms with van der Waals surface area (Å²) in [7, 11) is 4.07. The van der Waals surface area contributed by atoms with Gasteiger partial charge in [-0.05, 0) is 76.9 Å². The summed E-state index contributed by atoms with van der Waals surface area (Å²) in [5.41, 5.74) is 6.52. The van der Waals surface area contributed by atoms with E-state index in [0.29, 0.717) is 24.4 Å². The minimum Gasteiger partial charge on any atom is -0.339 e. The molecule has 5 fully saturated rings. The first-order valence-electron chi connectivity index (χ1n) is 14.1. The smallest absolute Gasteiger partial charge is 0.339 e. The van der Waals surface area contributed by atoms with Crippen LogP contribution < -0.4 is 16.2 Å². The number of nitrogens with one attached hydrogen (secondary N) is 3. The molecule has 3 heterocycles. The molecule has 3 aliphatic heterocycles. The van der Waals surface area contributed by atoms with E-state index >= 15 is 0 Å². The lowest BCUT2D eigenvalue weighted by Crippen LogP contribution is -2.51. The Bertz CT molecular complexity index is 777. The summed E-state index contributed by atoms with van der Waals surface area (Å²) in [6, 6.07) is 0.160. The van der Waals surface area contributed by atoms with Gasteiger partial charge in [0.15, 0.2) is 0 Å². The standard InChI is InChI=1S/C26H45F3N6O/c1-16(9-24-32-31-15-33(24)2)17-5-4-6-18(10-17)35-14-22-21(25(35)36)11-20(12-23(22)26(27,28)29)34(3)19-7-8-30-13-19/h16-24,30-32H,4-15H2,1-3H3/t16-,17?,18?,19+,20?,21?,22?,23?,24?/m1/s1. The molecule has 2 saturated carbocycles. The predicted octanol–water partition coefficient (Wildman–Crippen LogP) is 2.60. The minimum atomic E-state index is -4.26. The Morgan fingerprint density at radius 3 is 2.61 bits per heavy atom. The molecular formula is C26H45F3N6O. The number of fused-ring (bicyclic) bond motifs is 1. The van der Waals surface area contributed by atoms with Gasteiger partial charge in [-0.25, -0.2) is 10.9 Å². The van der Waals surface area contributed by atoms with Crippen molar-refractivity contribution >= 4 is 5.91 Å². The molecule has 5 aliphatic rings. The highest BCUT2D eigenvalue weighted by Gasteiger charge is 2.58. The van der Waals surface area contributed by atoms with Crippen molar-refractivity contribution in [3.63, 3.8) is 0 Å². The van der Waals surface area contributed by atoms with Crippen molar-refractivity contribution in [2.75, 3.05) is 40.4 Å². The molecule has 7 nitrogen and oxygen atoms in total. The molecular weight excluding hydrogens is 469 g/mol. The molecule has 5 rings (SSSR count). The van der Waals surface area contributed by atoms with E-state index in [0.717, 1.165) is 58.3 Å². The Balaban J connectivity index is 1.27. The number of hydrogen-bond donors (Lipinski definition) is 3. The highest BCUT2D eigenvalue weighted by Crippen LogP contribution is 2.50. The fourth-order valence-electron chi connectivity index (χ4n) is 8.00. The van der Waals surface area contributed by atoms with Gasteiger partial charge in [-0.15, -0.1) is 0 Å². The second-order valence-electron chi connectivity index (χ2n) is 12.4. The van der Waals surface area contributed by atoms with Crippen LogP contribution in [0.5, 0.6) is 0 Å². The van der Waals surface area contributed by atoms with E-state index in [9.17, 15) is 18.0 Å². The van der Waals surface area contributed by atoms with Gasteiger partial charge < -0.3 is 10.2 Å². The zero-order valence-electron chi connectivity index (χ0n) is 22.1. The molecule has 36 heavy (non-hydrogen) atoms. The minimum absolute atomic E-state index is 0.00315. The largest absolute Gasteiger partial charge is 0.392 e. The third-order valence-corrected chi connectivity index (χ3v) is 10.4. The van der Waals surface area contributed by atoms with Crippen molar-refractivity contribution in [1.82, 2.24) is 30.9 Å². The predicted molar refractivity (Wildman–Crippen MR) is 133 cm³/mol. The van der Waals surface area contributed by atoms with E-state index in [1.807, 2.05) is 11.9 Å². The fourth-order valence-corrected chi connectivity index (χ4v) is 8.00. The number of alkyl halides is 3. The van der Waals surface area contributed by atoms with Gasteiger partial charge in [0.2, 0.25) is 5.91 Å². The maximum atomic E-state index is 14.3. The number of carbonyl (C=O) groups excluding carboxylic acids is 1. The summed E-state index contributed by atoms with van der Waals surface area (Å²) in [5, 5.41) is 3.33. The van der Waals surface area contributed by atoms with E-state index in [4.69, 9.17) is 0 Å². The summed E-state index contributed by atoms with van der Waals surface area (Å²) in [6.07, 6.45) is 2.75. The van der Waals surface area contributed by atoms with Crippen LogP contribution >= 0.6 is 0 Å². The number of likely N-dealkylation sites (tertiary alicyclic amines) is 1. The second kappa shape index (κ2) is 10.7. The lowest BCUT2D eigenvalue weighted by Gasteiger charge is -2.43. The van der Waals surface area contributed by atoms with E-state index in [1.165, 1.54) is 0 Å². The zero-order chi connectivity index (χ0) is 25.6. The molecule has 0 radical (unpaired) electrons. The van der Waals surface area contributed by atoms with Crippen LogP contribution in [0.3, 0.4) is 0 Å². The summed E-state index contributed by atoms with van der Waals surface area (Å²) in [4.78, 5) is 20.0. The van der Waals surface area contributed by atoms with Gasteiger partial charge in [-0.2, -0.15) is 13.2 Å². The second-order valence-corrected chi connectivity index (χ2v) is 12.4. The molecule has 0 spiro atoms. The average molecular weight is 515 g/mol. The molecule has 2 aliphatic carbocycles. The van der Waals surface area contributed by atoms with Gasteiger partial charge in [0.05, 0.1) is 18.8 Å². The van der Waals surface area contributed by atoms with Crippen LogP contribution in [0.1, 0.15) is 58.3 Å². The molecule has 0 aromatic heterocycles. The monoisotopic (exact) mass is 514 g/mol. The van der Waals surface area contributed by atoms with E-state index in [2.05, 4.69) is 39.9 Å². The Hall–Kier alpha value is -0.940. The van der Waals surface area contributed by atoms with Crippen LogP contribution in [0.25, 0.3) is 0 Å². The SMILES string of the molecule is C[C@H](CC1NNCN1C)C1CCCC(N2CC3C(CC(N(C)[C@H]4CCNC4)CC3C(F)(F)F)C2=O)C1. The topological polar surface area (TPSA) is 62.9 Å². The number of halogens is 3. The normalized spacial score (nSPS) is 41.3. The number of likely N-dealkylation sites (N-methyl/N-ethyl adjacent to an activating group) is 1. The maximum absolute atomic E-state index is 14.3. The summed E-state index contributed by atoms with van der Waals surface area (Å²) < 4.78 is 42.9. The van der Waals surface area contributed by atoms with Crippen LogP contribution in [-0.4, -0.2) is 91.5 Å². The van der Waals surface area contributed by atoms with Gasteiger partial charge in [-0.3, -0.25) is 14.6 Å². The molecule has 0 bridgehead atoms. The molecule has 10 heteroatoms. The highest BCUT2D eigenvalue weighted by molar-refractivity contribution is 5.82. The molecule has 0 aromatic rings. The van der Waals surface area contributed by atoms with Gasteiger partial charge in [-0.1, -0.05) is 19.8 Å². The number of rotatable bonds is 6. The number of nitrogens with zero attached hydrogens (tertiary/aromatic N) is 3. The van der Waals surface area contributed by atoms with Crippen LogP contribution in [-0.2, 0) is 4.79 Å². The van der Waals surface area contributed by atoms with Gasteiger partial charge in [0.1, 0.15) is 0 Å². The lowest BCUT2D eigenvalue weighted by molar-refractivity contribution is -0.204. The number of amides is 1. The van der Waals surface area contributed by atoms with Gasteiger partial charge >= 0.3 is 6.18 Å². The van der Waals surface area contributed by atoms with Crippen LogP contribution in [0.15, 0.2) is 0 Å². The molecule has 7 unspecified atom stereocenters. The van der Waals surface area contributed by atoms with Crippen molar-refractivity contribution in [3.8, 4) is 0 Å². The molecule has 206 valence electrons. The van der Waals surface area contributed by atoms with Crippen molar-refractivity contribution < 1.29 is 18.0 Å². The van der Waals surface area contributed by atoms with Crippen molar-refractivity contribution in [2.45, 2.75) is 88.8 Å². The zero-order valence-corrected chi connectivity index (χ0v) is 22.1. The highest BCUT2D eigenvalue weighted by atomic mass is 19.4. The number of hydrazine groups is 1. The first-order valence-corrected chi connectivity index (χ1v) is 14.1. The average Bonchev–Trinajstić information content (AvgIpc) is 3.59. The quantitative estimate of drug-likeness (QED) is 0.507. The van der Waals surface area contributed by atoms with E-state index in [-0.39, 0.29) is 37.0 Å². The molecule has 3 saturated heterocycles. The van der Waals surface area contributed by atoms with Gasteiger partial charge in [0, 0.05) is 37.1 Å². The Morgan fingerprint density at radius 1 is 1.14 bits per heavy atom. The number of carbonyl (C=O) groups is 1. The first kappa shape index (κ1) is 26.7. The van der Waals surface area contributed by atoms with E-state index in [1.54, 1.807) is 0 Å². The maximum Gasteiger partial charge on any atom is 0.392 e. The van der Waals surface area contributed by atoms with Gasteiger partial charge in [0.25, 0.3) is 0 Å². The third kappa shape index (κ3) is 5.30. The van der Waals surface area contributed by atoms with E-state index < -0.39 is 23.9 Å². The van der Waals surface area contributed by atoms with Crippen LogP contribution in [0.4, 0.5) is 13.2 Å². The summed E-state index contributed by atoms with van der Waals surface area (Å²) >= 11 is 0. The third-order valence-electron chi connectivity index (χ3n) is 10.4. The molecule has 1 amide bonds. The molecule has 3 N–H and O–H groups in total. The Morgan fingerprint density at radius 2 is 1.94 bits per heavy atom. The first-order chi connectivity index (χ1) is 17.1. The van der Waals surface area contributed by atoms with Crippen molar-refractivity contribution in [3.05, 3.63) is 0 Å². The summed E-state index contributed by atoms with van der Waals surface area (Å²) in [5.74, 6) is -1.48. The Kier molecular flexibility index (Phi) is 7.90. The number of hydrogen-bond acceptors (Lipinski definition) is 6. The lowest BCUT2D eigenvalue weighted by atomic mass is 9.70. The fraction of sp³-hybridized carbons (Fsp3) is 0.962. The Labute approximate surface area is 213 Å². The molecule has 0 aromatic carbocycles. The molecule has 9 atom stereocenters. The summed E-state index contributed by atoms with van der Waals surface area (Å²) in [6.45, 7) is 5.14.